The average molecular weight is 386 g/mol. The molecule has 1 aromatic heterocycles. The lowest BCUT2D eigenvalue weighted by atomic mass is 10.1. The highest BCUT2D eigenvalue weighted by molar-refractivity contribution is 9.10. The summed E-state index contributed by atoms with van der Waals surface area (Å²) in [6.07, 6.45) is 0. The molecule has 2 aromatic carbocycles. The smallest absolute Gasteiger partial charge is 0.163 e. The van der Waals surface area contributed by atoms with Crippen molar-refractivity contribution in [3.8, 4) is 11.4 Å². The van der Waals surface area contributed by atoms with Crippen molar-refractivity contribution in [2.24, 2.45) is 0 Å². The molecule has 3 aromatic rings. The second-order valence-corrected chi connectivity index (χ2v) is 6.12. The number of nitrogens with zero attached hydrogens (tertiary/aromatic N) is 2. The van der Waals surface area contributed by atoms with E-state index in [9.17, 15) is 4.39 Å². The minimum Gasteiger partial charge on any atom is -0.225 e. The van der Waals surface area contributed by atoms with Crippen LogP contribution < -0.4 is 0 Å². The first-order valence-electron chi connectivity index (χ1n) is 6.06. The third-order valence-electron chi connectivity index (χ3n) is 3.14. The molecule has 21 heavy (non-hydrogen) atoms. The van der Waals surface area contributed by atoms with Crippen molar-refractivity contribution in [1.29, 1.82) is 0 Å². The molecule has 2 nitrogen and oxygen atoms in total. The Bertz CT molecular complexity index is 868. The molecule has 0 fully saturated rings. The lowest BCUT2D eigenvalue weighted by Gasteiger charge is -2.09. The first-order chi connectivity index (χ1) is 9.99. The number of benzene rings is 2. The molecule has 0 aliphatic rings. The Morgan fingerprint density at radius 3 is 2.62 bits per heavy atom. The highest BCUT2D eigenvalue weighted by Crippen LogP contribution is 2.34. The molecule has 0 amide bonds. The molecule has 0 N–H and O–H groups in total. The summed E-state index contributed by atoms with van der Waals surface area (Å²) >= 11 is 15.8. The predicted molar refractivity (Wildman–Crippen MR) is 87.4 cm³/mol. The Morgan fingerprint density at radius 1 is 1.10 bits per heavy atom. The van der Waals surface area contributed by atoms with Crippen LogP contribution in [0.4, 0.5) is 4.39 Å². The van der Waals surface area contributed by atoms with Gasteiger partial charge in [0.2, 0.25) is 0 Å². The van der Waals surface area contributed by atoms with Crippen LogP contribution in [0.1, 0.15) is 5.56 Å². The topological polar surface area (TPSA) is 25.8 Å². The van der Waals surface area contributed by atoms with E-state index in [0.717, 1.165) is 5.56 Å². The summed E-state index contributed by atoms with van der Waals surface area (Å²) in [7, 11) is 0. The largest absolute Gasteiger partial charge is 0.225 e. The van der Waals surface area contributed by atoms with E-state index in [4.69, 9.17) is 23.2 Å². The molecule has 0 bridgehead atoms. The SMILES string of the molecule is Cc1cccc(-c2nc(Cl)c3c(Br)ccc(F)c3n2)c1Cl. The normalized spacial score (nSPS) is 11.1. The summed E-state index contributed by atoms with van der Waals surface area (Å²) in [5.41, 5.74) is 1.68. The van der Waals surface area contributed by atoms with Crippen molar-refractivity contribution in [3.63, 3.8) is 0 Å². The summed E-state index contributed by atoms with van der Waals surface area (Å²) in [6, 6.07) is 8.41. The standard InChI is InChI=1S/C15H8BrCl2FN2/c1-7-3-2-4-8(12(7)17)15-20-13-10(19)6-5-9(16)11(13)14(18)21-15/h2-6H,1H3. The van der Waals surface area contributed by atoms with Crippen molar-refractivity contribution < 1.29 is 4.39 Å². The van der Waals surface area contributed by atoms with Gasteiger partial charge >= 0.3 is 0 Å². The van der Waals surface area contributed by atoms with Crippen molar-refractivity contribution in [3.05, 3.63) is 56.4 Å². The third-order valence-corrected chi connectivity index (χ3v) is 4.57. The van der Waals surface area contributed by atoms with Crippen LogP contribution in [-0.2, 0) is 0 Å². The zero-order valence-corrected chi connectivity index (χ0v) is 13.9. The van der Waals surface area contributed by atoms with Crippen LogP contribution in [0.3, 0.4) is 0 Å². The lowest BCUT2D eigenvalue weighted by Crippen LogP contribution is -1.96. The van der Waals surface area contributed by atoms with Crippen molar-refractivity contribution >= 4 is 50.0 Å². The number of hydrogen-bond acceptors (Lipinski definition) is 2. The molecular formula is C15H8BrCl2FN2. The first kappa shape index (κ1) is 14.7. The van der Waals surface area contributed by atoms with E-state index < -0.39 is 5.82 Å². The van der Waals surface area contributed by atoms with Gasteiger partial charge in [-0.15, -0.1) is 0 Å². The number of halogens is 4. The van der Waals surface area contributed by atoms with Crippen LogP contribution in [0, 0.1) is 12.7 Å². The molecule has 0 radical (unpaired) electrons. The van der Waals surface area contributed by atoms with Crippen LogP contribution in [0.5, 0.6) is 0 Å². The summed E-state index contributed by atoms with van der Waals surface area (Å²) < 4.78 is 14.7. The van der Waals surface area contributed by atoms with Crippen molar-refractivity contribution in [2.75, 3.05) is 0 Å². The summed E-state index contributed by atoms with van der Waals surface area (Å²) in [6.45, 7) is 1.88. The Labute approximate surface area is 139 Å². The summed E-state index contributed by atoms with van der Waals surface area (Å²) in [5, 5.41) is 1.16. The first-order valence-corrected chi connectivity index (χ1v) is 7.60. The number of rotatable bonds is 1. The minimum absolute atomic E-state index is 0.164. The second kappa shape index (κ2) is 5.52. The van der Waals surface area contributed by atoms with Gasteiger partial charge in [0, 0.05) is 10.0 Å². The fraction of sp³-hybridized carbons (Fsp3) is 0.0667. The van der Waals surface area contributed by atoms with Gasteiger partial charge < -0.3 is 0 Å². The molecule has 1 heterocycles. The van der Waals surface area contributed by atoms with Gasteiger partial charge in [-0.1, -0.05) is 35.3 Å². The molecule has 0 unspecified atom stereocenters. The number of aromatic nitrogens is 2. The van der Waals surface area contributed by atoms with Crippen LogP contribution in [0.25, 0.3) is 22.3 Å². The van der Waals surface area contributed by atoms with E-state index in [1.54, 1.807) is 12.1 Å². The quantitative estimate of drug-likeness (QED) is 0.493. The van der Waals surface area contributed by atoms with Gasteiger partial charge in [-0.3, -0.25) is 0 Å². The maximum absolute atomic E-state index is 14.0. The zero-order valence-electron chi connectivity index (χ0n) is 10.8. The molecule has 106 valence electrons. The molecule has 3 rings (SSSR count). The molecule has 0 aliphatic carbocycles. The zero-order chi connectivity index (χ0) is 15.1. The maximum Gasteiger partial charge on any atom is 0.163 e. The second-order valence-electron chi connectivity index (χ2n) is 4.53. The Balaban J connectivity index is 2.36. The van der Waals surface area contributed by atoms with Crippen molar-refractivity contribution in [1.82, 2.24) is 9.97 Å². The Hall–Kier alpha value is -1.23. The monoisotopic (exact) mass is 384 g/mol. The lowest BCUT2D eigenvalue weighted by molar-refractivity contribution is 0.636. The molecule has 0 saturated carbocycles. The van der Waals surface area contributed by atoms with E-state index in [2.05, 4.69) is 25.9 Å². The van der Waals surface area contributed by atoms with Gasteiger partial charge in [0.1, 0.15) is 16.5 Å². The fourth-order valence-corrected chi connectivity index (χ4v) is 3.17. The molecule has 0 saturated heterocycles. The molecular weight excluding hydrogens is 378 g/mol. The highest BCUT2D eigenvalue weighted by Gasteiger charge is 2.16. The molecule has 0 spiro atoms. The van der Waals surface area contributed by atoms with E-state index in [1.165, 1.54) is 6.07 Å². The highest BCUT2D eigenvalue weighted by atomic mass is 79.9. The molecule has 0 atom stereocenters. The van der Waals surface area contributed by atoms with Crippen molar-refractivity contribution in [2.45, 2.75) is 6.92 Å². The minimum atomic E-state index is -0.456. The van der Waals surface area contributed by atoms with Gasteiger partial charge in [-0.05, 0) is 46.6 Å². The molecule has 6 heteroatoms. The number of fused-ring (bicyclic) bond motifs is 1. The van der Waals surface area contributed by atoms with E-state index in [-0.39, 0.29) is 10.7 Å². The van der Waals surface area contributed by atoms with Crippen LogP contribution in [0.2, 0.25) is 10.2 Å². The van der Waals surface area contributed by atoms with Gasteiger partial charge in [0.05, 0.1) is 10.4 Å². The van der Waals surface area contributed by atoms with Gasteiger partial charge in [-0.25, -0.2) is 14.4 Å². The van der Waals surface area contributed by atoms with Gasteiger partial charge in [-0.2, -0.15) is 0 Å². The van der Waals surface area contributed by atoms with Crippen LogP contribution >= 0.6 is 39.1 Å². The number of hydrogen-bond donors (Lipinski definition) is 0. The summed E-state index contributed by atoms with van der Waals surface area (Å²) in [5.74, 6) is -0.152. The Morgan fingerprint density at radius 2 is 1.86 bits per heavy atom. The van der Waals surface area contributed by atoms with E-state index in [0.29, 0.717) is 26.3 Å². The van der Waals surface area contributed by atoms with Gasteiger partial charge in [0.15, 0.2) is 5.82 Å². The maximum atomic E-state index is 14.0. The number of aryl methyl sites for hydroxylation is 1. The third kappa shape index (κ3) is 2.52. The van der Waals surface area contributed by atoms with Gasteiger partial charge in [0.25, 0.3) is 0 Å². The molecule has 0 aliphatic heterocycles. The fourth-order valence-electron chi connectivity index (χ4n) is 2.07. The van der Waals surface area contributed by atoms with E-state index in [1.807, 2.05) is 19.1 Å². The van der Waals surface area contributed by atoms with E-state index >= 15 is 0 Å². The van der Waals surface area contributed by atoms with Crippen LogP contribution in [0.15, 0.2) is 34.8 Å². The van der Waals surface area contributed by atoms with Crippen LogP contribution in [-0.4, -0.2) is 9.97 Å². The predicted octanol–water partition coefficient (Wildman–Crippen LogP) is 5.81. The average Bonchev–Trinajstić information content (AvgIpc) is 2.45. The Kier molecular flexibility index (Phi) is 3.86. The summed E-state index contributed by atoms with van der Waals surface area (Å²) in [4.78, 5) is 8.53.